The number of rotatable bonds is 7. The Morgan fingerprint density at radius 2 is 2.08 bits per heavy atom. The fourth-order valence-electron chi connectivity index (χ4n) is 2.02. The maximum Gasteiger partial charge on any atom is 0.258 e. The number of nitrogens with zero attached hydrogens (tertiary/aromatic N) is 2. The van der Waals surface area contributed by atoms with E-state index in [2.05, 4.69) is 20.6 Å². The van der Waals surface area contributed by atoms with Gasteiger partial charge in [-0.15, -0.1) is 0 Å². The third kappa shape index (κ3) is 4.77. The van der Waals surface area contributed by atoms with E-state index in [0.717, 1.165) is 18.4 Å². The molecule has 0 aliphatic heterocycles. The van der Waals surface area contributed by atoms with E-state index in [4.69, 9.17) is 4.74 Å². The fraction of sp³-hybridized carbons (Fsp3) is 0.294. The molecule has 0 bridgehead atoms. The van der Waals surface area contributed by atoms with Gasteiger partial charge in [0.15, 0.2) is 6.61 Å². The summed E-state index contributed by atoms with van der Waals surface area (Å²) in [6, 6.07) is 7.02. The third-order valence-corrected chi connectivity index (χ3v) is 3.52. The molecule has 1 aliphatic rings. The molecule has 1 saturated carbocycles. The van der Waals surface area contributed by atoms with E-state index < -0.39 is 0 Å². The first-order valence-electron chi connectivity index (χ1n) is 7.76. The van der Waals surface area contributed by atoms with Crippen molar-refractivity contribution in [3.63, 3.8) is 0 Å². The first-order chi connectivity index (χ1) is 11.7. The maximum absolute atomic E-state index is 11.7. The minimum atomic E-state index is -0.244. The van der Waals surface area contributed by atoms with E-state index in [-0.39, 0.29) is 24.3 Å². The summed E-state index contributed by atoms with van der Waals surface area (Å²) in [5.41, 5.74) is 1.54. The molecule has 2 aromatic rings. The summed E-state index contributed by atoms with van der Waals surface area (Å²) >= 11 is 0. The van der Waals surface area contributed by atoms with Crippen LogP contribution in [-0.2, 0) is 16.1 Å². The highest BCUT2D eigenvalue weighted by Gasteiger charge is 2.29. The second-order valence-corrected chi connectivity index (χ2v) is 5.58. The maximum atomic E-state index is 11.7. The summed E-state index contributed by atoms with van der Waals surface area (Å²) < 4.78 is 5.32. The van der Waals surface area contributed by atoms with Gasteiger partial charge in [-0.2, -0.15) is 0 Å². The van der Waals surface area contributed by atoms with E-state index in [1.54, 1.807) is 24.5 Å². The number of aromatic nitrogens is 2. The average Bonchev–Trinajstić information content (AvgIpc) is 3.45. The monoisotopic (exact) mass is 326 g/mol. The molecule has 0 saturated heterocycles. The molecular formula is C17H18N4O3. The lowest BCUT2D eigenvalue weighted by atomic mass is 10.3. The predicted molar refractivity (Wildman–Crippen MR) is 87.2 cm³/mol. The highest BCUT2D eigenvalue weighted by Crippen LogP contribution is 2.30. The van der Waals surface area contributed by atoms with Crippen LogP contribution in [0.4, 0.5) is 5.69 Å². The lowest BCUT2D eigenvalue weighted by Gasteiger charge is -2.08. The summed E-state index contributed by atoms with van der Waals surface area (Å²) in [5, 5.41) is 5.53. The number of carbonyl (C=O) groups is 2. The number of amides is 2. The lowest BCUT2D eigenvalue weighted by molar-refractivity contribution is -0.123. The summed E-state index contributed by atoms with van der Waals surface area (Å²) in [6.45, 7) is 0.274. The van der Waals surface area contributed by atoms with E-state index in [1.807, 2.05) is 12.1 Å². The Labute approximate surface area is 139 Å². The molecule has 7 nitrogen and oxygen atoms in total. The number of hydrogen-bond donors (Lipinski definition) is 2. The molecule has 2 heterocycles. The minimum absolute atomic E-state index is 0.0280. The zero-order valence-corrected chi connectivity index (χ0v) is 13.1. The normalized spacial score (nSPS) is 13.2. The van der Waals surface area contributed by atoms with E-state index >= 15 is 0 Å². The van der Waals surface area contributed by atoms with Gasteiger partial charge in [0.1, 0.15) is 0 Å². The third-order valence-electron chi connectivity index (χ3n) is 3.52. The molecule has 0 aromatic carbocycles. The second kappa shape index (κ2) is 7.54. The molecule has 24 heavy (non-hydrogen) atoms. The fourth-order valence-corrected chi connectivity index (χ4v) is 2.02. The van der Waals surface area contributed by atoms with E-state index in [1.165, 1.54) is 6.20 Å². The van der Waals surface area contributed by atoms with Crippen molar-refractivity contribution in [2.75, 3.05) is 11.9 Å². The van der Waals surface area contributed by atoms with Gasteiger partial charge in [0, 0.05) is 30.9 Å². The topological polar surface area (TPSA) is 93.2 Å². The van der Waals surface area contributed by atoms with E-state index in [9.17, 15) is 9.59 Å². The molecule has 1 aliphatic carbocycles. The van der Waals surface area contributed by atoms with Crippen LogP contribution >= 0.6 is 0 Å². The van der Waals surface area contributed by atoms with Crippen LogP contribution in [0.5, 0.6) is 5.88 Å². The van der Waals surface area contributed by atoms with Crippen molar-refractivity contribution in [1.29, 1.82) is 0 Å². The number of carbonyl (C=O) groups excluding carboxylic acids is 2. The molecule has 0 radical (unpaired) electrons. The zero-order valence-electron chi connectivity index (χ0n) is 13.1. The molecular weight excluding hydrogens is 308 g/mol. The second-order valence-electron chi connectivity index (χ2n) is 5.58. The highest BCUT2D eigenvalue weighted by molar-refractivity contribution is 5.93. The summed E-state index contributed by atoms with van der Waals surface area (Å²) in [4.78, 5) is 31.4. The Hall–Kier alpha value is -2.96. The van der Waals surface area contributed by atoms with Gasteiger partial charge in [-0.25, -0.2) is 4.98 Å². The molecule has 0 spiro atoms. The molecule has 7 heteroatoms. The predicted octanol–water partition coefficient (Wildman–Crippen LogP) is 1.52. The van der Waals surface area contributed by atoms with Gasteiger partial charge in [-0.05, 0) is 30.5 Å². The molecule has 2 N–H and O–H groups in total. The van der Waals surface area contributed by atoms with Crippen LogP contribution in [0, 0.1) is 5.92 Å². The Morgan fingerprint density at radius 3 is 2.75 bits per heavy atom. The van der Waals surface area contributed by atoms with Crippen molar-refractivity contribution in [3.8, 4) is 5.88 Å². The SMILES string of the molecule is O=C(COc1ccc(NC(=O)C2CC2)cn1)NCc1cccnc1. The molecule has 124 valence electrons. The van der Waals surface area contributed by atoms with Crippen molar-refractivity contribution in [3.05, 3.63) is 48.4 Å². The van der Waals surface area contributed by atoms with Crippen molar-refractivity contribution < 1.29 is 14.3 Å². The molecule has 3 rings (SSSR count). The number of pyridine rings is 2. The van der Waals surface area contributed by atoms with Crippen molar-refractivity contribution >= 4 is 17.5 Å². The van der Waals surface area contributed by atoms with Crippen LogP contribution in [-0.4, -0.2) is 28.4 Å². The van der Waals surface area contributed by atoms with Crippen LogP contribution in [0.25, 0.3) is 0 Å². The molecule has 1 fully saturated rings. The van der Waals surface area contributed by atoms with Gasteiger partial charge < -0.3 is 15.4 Å². The van der Waals surface area contributed by atoms with Crippen LogP contribution in [0.15, 0.2) is 42.9 Å². The molecule has 0 unspecified atom stereocenters. The van der Waals surface area contributed by atoms with E-state index in [0.29, 0.717) is 18.1 Å². The molecule has 2 aromatic heterocycles. The summed E-state index contributed by atoms with van der Waals surface area (Å²) in [5.74, 6) is 0.257. The number of anilines is 1. The van der Waals surface area contributed by atoms with Crippen LogP contribution in [0.2, 0.25) is 0 Å². The van der Waals surface area contributed by atoms with Gasteiger partial charge in [-0.3, -0.25) is 14.6 Å². The standard InChI is InChI=1S/C17H18N4O3/c22-15(19-9-12-2-1-7-18-8-12)11-24-16-6-5-14(10-20-16)21-17(23)13-3-4-13/h1-2,5-8,10,13H,3-4,9,11H2,(H,19,22)(H,21,23). The summed E-state index contributed by atoms with van der Waals surface area (Å²) in [7, 11) is 0. The highest BCUT2D eigenvalue weighted by atomic mass is 16.5. The minimum Gasteiger partial charge on any atom is -0.468 e. The van der Waals surface area contributed by atoms with Gasteiger partial charge in [0.2, 0.25) is 11.8 Å². The van der Waals surface area contributed by atoms with Crippen molar-refractivity contribution in [2.45, 2.75) is 19.4 Å². The number of nitrogens with one attached hydrogen (secondary N) is 2. The Morgan fingerprint density at radius 1 is 1.21 bits per heavy atom. The van der Waals surface area contributed by atoms with Gasteiger partial charge >= 0.3 is 0 Å². The smallest absolute Gasteiger partial charge is 0.258 e. The van der Waals surface area contributed by atoms with Crippen molar-refractivity contribution in [2.24, 2.45) is 5.92 Å². The lowest BCUT2D eigenvalue weighted by Crippen LogP contribution is -2.28. The number of ether oxygens (including phenoxy) is 1. The quantitative estimate of drug-likeness (QED) is 0.805. The first-order valence-corrected chi connectivity index (χ1v) is 7.76. The molecule has 2 amide bonds. The van der Waals surface area contributed by atoms with Crippen LogP contribution in [0.1, 0.15) is 18.4 Å². The van der Waals surface area contributed by atoms with Gasteiger partial charge in [0.25, 0.3) is 5.91 Å². The largest absolute Gasteiger partial charge is 0.468 e. The Balaban J connectivity index is 1.40. The molecule has 0 atom stereocenters. The van der Waals surface area contributed by atoms with Gasteiger partial charge in [0.05, 0.1) is 11.9 Å². The summed E-state index contributed by atoms with van der Waals surface area (Å²) in [6.07, 6.45) is 6.79. The van der Waals surface area contributed by atoms with Crippen LogP contribution < -0.4 is 15.4 Å². The Bertz CT molecular complexity index is 700. The van der Waals surface area contributed by atoms with Crippen molar-refractivity contribution in [1.82, 2.24) is 15.3 Å². The van der Waals surface area contributed by atoms with Crippen LogP contribution in [0.3, 0.4) is 0 Å². The number of hydrogen-bond acceptors (Lipinski definition) is 5. The zero-order chi connectivity index (χ0) is 16.8. The average molecular weight is 326 g/mol. The Kier molecular flexibility index (Phi) is 5.00. The van der Waals surface area contributed by atoms with Gasteiger partial charge in [-0.1, -0.05) is 6.07 Å². The first kappa shape index (κ1) is 15.9.